The van der Waals surface area contributed by atoms with Crippen LogP contribution in [-0.2, 0) is 0 Å². The van der Waals surface area contributed by atoms with Crippen LogP contribution in [0.3, 0.4) is 0 Å². The summed E-state index contributed by atoms with van der Waals surface area (Å²) in [6, 6.07) is 12.3. The minimum absolute atomic E-state index is 0.446. The molecule has 0 aliphatic rings. The van der Waals surface area contributed by atoms with Crippen molar-refractivity contribution in [1.29, 1.82) is 5.26 Å². The molecule has 1 heterocycles. The Hall–Kier alpha value is -2.05. The largest absolute Gasteiger partial charge is 0.439 e. The van der Waals surface area contributed by atoms with E-state index >= 15 is 0 Å². The molecule has 0 saturated heterocycles. The molecule has 2 aromatic rings. The second kappa shape index (κ2) is 4.65. The maximum absolute atomic E-state index is 8.60. The van der Waals surface area contributed by atoms with Gasteiger partial charge in [-0.15, -0.1) is 0 Å². The molecule has 3 nitrogen and oxygen atoms in total. The molecule has 0 fully saturated rings. The van der Waals surface area contributed by atoms with Crippen LogP contribution in [0.25, 0.3) is 0 Å². The topological polar surface area (TPSA) is 45.9 Å². The van der Waals surface area contributed by atoms with Gasteiger partial charge in [0, 0.05) is 17.3 Å². The van der Waals surface area contributed by atoms with E-state index in [9.17, 15) is 0 Å². The Labute approximate surface area is 97.9 Å². The van der Waals surface area contributed by atoms with Crippen molar-refractivity contribution in [2.45, 2.75) is 0 Å². The number of benzene rings is 1. The Morgan fingerprint density at radius 3 is 2.44 bits per heavy atom. The Morgan fingerprint density at radius 2 is 1.88 bits per heavy atom. The van der Waals surface area contributed by atoms with Gasteiger partial charge in [-0.05, 0) is 30.3 Å². The lowest BCUT2D eigenvalue weighted by atomic mass is 10.3. The van der Waals surface area contributed by atoms with E-state index in [1.165, 1.54) is 6.20 Å². The Balaban J connectivity index is 2.15. The van der Waals surface area contributed by atoms with Crippen LogP contribution < -0.4 is 4.74 Å². The van der Waals surface area contributed by atoms with Gasteiger partial charge in [0.2, 0.25) is 5.88 Å². The normalized spacial score (nSPS) is 9.50. The summed E-state index contributed by atoms with van der Waals surface area (Å²) in [6.45, 7) is 0. The van der Waals surface area contributed by atoms with E-state index in [-0.39, 0.29) is 0 Å². The number of aromatic nitrogens is 1. The molecular formula is C12H7ClN2O. The molecule has 0 N–H and O–H groups in total. The third-order valence-electron chi connectivity index (χ3n) is 1.90. The Morgan fingerprint density at radius 1 is 1.12 bits per heavy atom. The fourth-order valence-corrected chi connectivity index (χ4v) is 1.26. The average molecular weight is 231 g/mol. The Kier molecular flexibility index (Phi) is 3.04. The smallest absolute Gasteiger partial charge is 0.219 e. The van der Waals surface area contributed by atoms with Gasteiger partial charge in [0.1, 0.15) is 11.8 Å². The van der Waals surface area contributed by atoms with Crippen LogP contribution in [0.4, 0.5) is 0 Å². The number of halogens is 1. The zero-order chi connectivity index (χ0) is 11.4. The number of hydrogen-bond acceptors (Lipinski definition) is 3. The first-order valence-electron chi connectivity index (χ1n) is 4.57. The van der Waals surface area contributed by atoms with Gasteiger partial charge < -0.3 is 4.74 Å². The van der Waals surface area contributed by atoms with E-state index in [4.69, 9.17) is 21.6 Å². The first kappa shape index (κ1) is 10.5. The van der Waals surface area contributed by atoms with Crippen LogP contribution >= 0.6 is 11.6 Å². The second-order valence-corrected chi connectivity index (χ2v) is 3.49. The van der Waals surface area contributed by atoms with E-state index in [0.717, 1.165) is 0 Å². The summed E-state index contributed by atoms with van der Waals surface area (Å²) in [6.07, 6.45) is 1.46. The highest BCUT2D eigenvalue weighted by molar-refractivity contribution is 6.30. The summed E-state index contributed by atoms with van der Waals surface area (Å²) in [4.78, 5) is 3.99. The summed E-state index contributed by atoms with van der Waals surface area (Å²) in [7, 11) is 0. The van der Waals surface area contributed by atoms with Crippen LogP contribution in [0.2, 0.25) is 5.02 Å². The van der Waals surface area contributed by atoms with Gasteiger partial charge in [-0.25, -0.2) is 4.98 Å². The molecule has 1 aromatic heterocycles. The minimum Gasteiger partial charge on any atom is -0.439 e. The van der Waals surface area contributed by atoms with E-state index in [1.54, 1.807) is 36.4 Å². The fourth-order valence-electron chi connectivity index (χ4n) is 1.13. The molecule has 0 aliphatic carbocycles. The number of pyridine rings is 1. The number of nitrogens with zero attached hydrogens (tertiary/aromatic N) is 2. The van der Waals surface area contributed by atoms with Crippen molar-refractivity contribution in [2.24, 2.45) is 0 Å². The SMILES string of the molecule is N#Cc1ccc(Oc2ccc(Cl)cc2)nc1. The molecule has 2 rings (SSSR count). The van der Waals surface area contributed by atoms with Crippen molar-refractivity contribution < 1.29 is 4.74 Å². The lowest BCUT2D eigenvalue weighted by Crippen LogP contribution is -1.87. The molecule has 0 amide bonds. The molecule has 0 unspecified atom stereocenters. The van der Waals surface area contributed by atoms with Crippen LogP contribution in [-0.4, -0.2) is 4.98 Å². The van der Waals surface area contributed by atoms with Crippen LogP contribution in [0.15, 0.2) is 42.6 Å². The molecule has 0 spiro atoms. The lowest BCUT2D eigenvalue weighted by Gasteiger charge is -2.03. The third-order valence-corrected chi connectivity index (χ3v) is 2.15. The second-order valence-electron chi connectivity index (χ2n) is 3.05. The quantitative estimate of drug-likeness (QED) is 0.794. The van der Waals surface area contributed by atoms with Gasteiger partial charge in [-0.3, -0.25) is 0 Å². The molecule has 0 radical (unpaired) electrons. The first-order chi connectivity index (χ1) is 7.78. The van der Waals surface area contributed by atoms with Gasteiger partial charge in [0.25, 0.3) is 0 Å². The maximum atomic E-state index is 8.60. The molecule has 0 aliphatic heterocycles. The molecule has 16 heavy (non-hydrogen) atoms. The first-order valence-corrected chi connectivity index (χ1v) is 4.95. The molecule has 0 saturated carbocycles. The number of hydrogen-bond donors (Lipinski definition) is 0. The molecular weight excluding hydrogens is 224 g/mol. The molecule has 1 aromatic carbocycles. The van der Waals surface area contributed by atoms with E-state index in [1.807, 2.05) is 6.07 Å². The summed E-state index contributed by atoms with van der Waals surface area (Å²) < 4.78 is 5.45. The zero-order valence-corrected chi connectivity index (χ0v) is 8.98. The summed E-state index contributed by atoms with van der Waals surface area (Å²) >= 11 is 5.75. The van der Waals surface area contributed by atoms with Crippen molar-refractivity contribution in [3.8, 4) is 17.7 Å². The number of ether oxygens (including phenoxy) is 1. The predicted octanol–water partition coefficient (Wildman–Crippen LogP) is 3.40. The van der Waals surface area contributed by atoms with Crippen molar-refractivity contribution in [2.75, 3.05) is 0 Å². The molecule has 0 bridgehead atoms. The highest BCUT2D eigenvalue weighted by atomic mass is 35.5. The summed E-state index contributed by atoms with van der Waals surface area (Å²) in [5.41, 5.74) is 0.503. The fraction of sp³-hybridized carbons (Fsp3) is 0. The standard InChI is InChI=1S/C12H7ClN2O/c13-10-2-4-11(5-3-10)16-12-6-1-9(7-14)8-15-12/h1-6,8H. The van der Waals surface area contributed by atoms with Gasteiger partial charge in [-0.1, -0.05) is 11.6 Å². The highest BCUT2D eigenvalue weighted by Crippen LogP contribution is 2.21. The van der Waals surface area contributed by atoms with Crippen molar-refractivity contribution in [1.82, 2.24) is 4.98 Å². The average Bonchev–Trinajstić information content (AvgIpc) is 2.33. The number of nitriles is 1. The minimum atomic E-state index is 0.446. The summed E-state index contributed by atoms with van der Waals surface area (Å²) in [5.74, 6) is 1.10. The molecule has 78 valence electrons. The highest BCUT2D eigenvalue weighted by Gasteiger charge is 1.98. The predicted molar refractivity (Wildman–Crippen MR) is 60.5 cm³/mol. The maximum Gasteiger partial charge on any atom is 0.219 e. The van der Waals surface area contributed by atoms with E-state index in [0.29, 0.717) is 22.2 Å². The van der Waals surface area contributed by atoms with E-state index in [2.05, 4.69) is 4.98 Å². The van der Waals surface area contributed by atoms with Gasteiger partial charge >= 0.3 is 0 Å². The van der Waals surface area contributed by atoms with Gasteiger partial charge in [0.05, 0.1) is 5.56 Å². The van der Waals surface area contributed by atoms with Crippen LogP contribution in [0.5, 0.6) is 11.6 Å². The van der Waals surface area contributed by atoms with Crippen LogP contribution in [0, 0.1) is 11.3 Å². The Bertz CT molecular complexity index is 514. The van der Waals surface area contributed by atoms with Gasteiger partial charge in [-0.2, -0.15) is 5.26 Å². The molecule has 0 atom stereocenters. The lowest BCUT2D eigenvalue weighted by molar-refractivity contribution is 0.463. The van der Waals surface area contributed by atoms with Crippen molar-refractivity contribution >= 4 is 11.6 Å². The summed E-state index contributed by atoms with van der Waals surface area (Å²) in [5, 5.41) is 9.26. The van der Waals surface area contributed by atoms with Crippen molar-refractivity contribution in [3.63, 3.8) is 0 Å². The monoisotopic (exact) mass is 230 g/mol. The van der Waals surface area contributed by atoms with Gasteiger partial charge in [0.15, 0.2) is 0 Å². The third kappa shape index (κ3) is 2.50. The number of rotatable bonds is 2. The molecule has 4 heteroatoms. The van der Waals surface area contributed by atoms with Crippen LogP contribution in [0.1, 0.15) is 5.56 Å². The zero-order valence-electron chi connectivity index (χ0n) is 8.22. The van der Waals surface area contributed by atoms with Crippen molar-refractivity contribution in [3.05, 3.63) is 53.2 Å². The van der Waals surface area contributed by atoms with E-state index < -0.39 is 0 Å².